The van der Waals surface area contributed by atoms with E-state index in [1.807, 2.05) is 50.2 Å². The second-order valence-electron chi connectivity index (χ2n) is 7.51. The number of carbonyl (C=O) groups is 2. The predicted molar refractivity (Wildman–Crippen MR) is 107 cm³/mol. The molecule has 4 rings (SSSR count). The normalized spacial score (nSPS) is 17.7. The summed E-state index contributed by atoms with van der Waals surface area (Å²) in [6.07, 6.45) is 0.196. The maximum atomic E-state index is 12.8. The first-order valence-corrected chi connectivity index (χ1v) is 9.72. The van der Waals surface area contributed by atoms with Crippen molar-refractivity contribution in [1.82, 2.24) is 4.90 Å². The first kappa shape index (κ1) is 19.1. The average Bonchev–Trinajstić information content (AvgIpc) is 3.29. The topological polar surface area (TPSA) is 77.1 Å². The Hall–Kier alpha value is -3.22. The first-order valence-electron chi connectivity index (χ1n) is 9.72. The fourth-order valence-electron chi connectivity index (χ4n) is 3.52. The summed E-state index contributed by atoms with van der Waals surface area (Å²) in [5.74, 6) is 1.41. The van der Waals surface area contributed by atoms with Gasteiger partial charge >= 0.3 is 0 Å². The van der Waals surface area contributed by atoms with Crippen LogP contribution in [0, 0.1) is 5.92 Å². The summed E-state index contributed by atoms with van der Waals surface area (Å²) < 4.78 is 16.5. The van der Waals surface area contributed by atoms with Gasteiger partial charge in [-0.1, -0.05) is 18.2 Å². The van der Waals surface area contributed by atoms with Crippen molar-refractivity contribution in [3.05, 3.63) is 48.0 Å². The van der Waals surface area contributed by atoms with E-state index in [4.69, 9.17) is 14.2 Å². The fourth-order valence-corrected chi connectivity index (χ4v) is 3.52. The van der Waals surface area contributed by atoms with Gasteiger partial charge in [0.1, 0.15) is 5.75 Å². The number of hydrogen-bond donors (Lipinski definition) is 1. The maximum Gasteiger partial charge on any atom is 0.231 e. The largest absolute Gasteiger partial charge is 0.489 e. The van der Waals surface area contributed by atoms with Crippen LogP contribution in [0.25, 0.3) is 0 Å². The highest BCUT2D eigenvalue weighted by molar-refractivity contribution is 5.98. The Morgan fingerprint density at radius 2 is 2.00 bits per heavy atom. The molecule has 2 aliphatic heterocycles. The molecule has 1 fully saturated rings. The van der Waals surface area contributed by atoms with Crippen molar-refractivity contribution in [2.75, 3.05) is 18.7 Å². The second-order valence-corrected chi connectivity index (χ2v) is 7.51. The van der Waals surface area contributed by atoms with Crippen LogP contribution in [0.15, 0.2) is 42.5 Å². The Kier molecular flexibility index (Phi) is 5.29. The van der Waals surface area contributed by atoms with E-state index in [-0.39, 0.29) is 31.1 Å². The third kappa shape index (κ3) is 4.29. The molecule has 1 unspecified atom stereocenters. The molecular weight excluding hydrogens is 372 g/mol. The Labute approximate surface area is 169 Å². The van der Waals surface area contributed by atoms with E-state index >= 15 is 0 Å². The lowest BCUT2D eigenvalue weighted by atomic mass is 10.1. The molecule has 0 aliphatic carbocycles. The van der Waals surface area contributed by atoms with Crippen molar-refractivity contribution in [3.8, 4) is 17.2 Å². The monoisotopic (exact) mass is 396 g/mol. The number of nitrogens with zero attached hydrogens (tertiary/aromatic N) is 1. The number of ether oxygens (including phenoxy) is 3. The highest BCUT2D eigenvalue weighted by atomic mass is 16.7. The van der Waals surface area contributed by atoms with Gasteiger partial charge in [-0.2, -0.15) is 0 Å². The van der Waals surface area contributed by atoms with Crippen molar-refractivity contribution >= 4 is 17.5 Å². The molecule has 2 aromatic carbocycles. The van der Waals surface area contributed by atoms with Crippen LogP contribution in [0.2, 0.25) is 0 Å². The number of carbonyl (C=O) groups excluding carboxylic acids is 2. The van der Waals surface area contributed by atoms with Crippen LogP contribution in [0.1, 0.15) is 25.8 Å². The van der Waals surface area contributed by atoms with Gasteiger partial charge in [0, 0.05) is 19.5 Å². The van der Waals surface area contributed by atoms with E-state index in [2.05, 4.69) is 5.32 Å². The smallest absolute Gasteiger partial charge is 0.231 e. The minimum Gasteiger partial charge on any atom is -0.489 e. The average molecular weight is 396 g/mol. The molecule has 1 saturated heterocycles. The van der Waals surface area contributed by atoms with E-state index < -0.39 is 5.92 Å². The summed E-state index contributed by atoms with van der Waals surface area (Å²) >= 11 is 0. The summed E-state index contributed by atoms with van der Waals surface area (Å²) in [6, 6.07) is 13.0. The van der Waals surface area contributed by atoms with Gasteiger partial charge in [0.2, 0.25) is 18.6 Å². The fraction of sp³-hybridized carbons (Fsp3) is 0.364. The van der Waals surface area contributed by atoms with Crippen LogP contribution in [-0.2, 0) is 16.1 Å². The summed E-state index contributed by atoms with van der Waals surface area (Å²) in [4.78, 5) is 26.9. The zero-order valence-corrected chi connectivity index (χ0v) is 16.5. The van der Waals surface area contributed by atoms with Gasteiger partial charge in [-0.3, -0.25) is 9.59 Å². The number of hydrogen-bond acceptors (Lipinski definition) is 5. The van der Waals surface area contributed by atoms with Gasteiger partial charge in [0.05, 0.1) is 17.7 Å². The van der Waals surface area contributed by atoms with Gasteiger partial charge in [-0.25, -0.2) is 0 Å². The molecule has 7 heteroatoms. The number of benzene rings is 2. The van der Waals surface area contributed by atoms with Crippen molar-refractivity contribution in [3.63, 3.8) is 0 Å². The molecule has 2 amide bonds. The van der Waals surface area contributed by atoms with E-state index in [1.54, 1.807) is 11.0 Å². The van der Waals surface area contributed by atoms with E-state index in [9.17, 15) is 9.59 Å². The molecule has 0 saturated carbocycles. The number of amides is 2. The van der Waals surface area contributed by atoms with Gasteiger partial charge in [0.15, 0.2) is 11.5 Å². The van der Waals surface area contributed by atoms with Crippen LogP contribution in [-0.4, -0.2) is 36.2 Å². The minimum atomic E-state index is -0.399. The maximum absolute atomic E-state index is 12.8. The lowest BCUT2D eigenvalue weighted by Gasteiger charge is -2.18. The molecule has 1 atom stereocenters. The van der Waals surface area contributed by atoms with Crippen LogP contribution >= 0.6 is 0 Å². The predicted octanol–water partition coefficient (Wildman–Crippen LogP) is 3.19. The molecule has 29 heavy (non-hydrogen) atoms. The molecule has 0 spiro atoms. The second kappa shape index (κ2) is 8.03. The Balaban J connectivity index is 1.39. The van der Waals surface area contributed by atoms with Gasteiger partial charge in [-0.05, 0) is 43.7 Å². The number of fused-ring (bicyclic) bond motifs is 1. The highest BCUT2D eigenvalue weighted by Gasteiger charge is 2.34. The molecule has 0 aromatic heterocycles. The molecule has 2 heterocycles. The number of rotatable bonds is 6. The molecule has 1 N–H and O–H groups in total. The summed E-state index contributed by atoms with van der Waals surface area (Å²) in [6.45, 7) is 4.90. The van der Waals surface area contributed by atoms with Crippen molar-refractivity contribution < 1.29 is 23.8 Å². The first-order chi connectivity index (χ1) is 14.0. The molecule has 2 aromatic rings. The molecule has 2 aliphatic rings. The summed E-state index contributed by atoms with van der Waals surface area (Å²) in [5, 5.41) is 2.92. The number of likely N-dealkylation sites (tertiary alicyclic amines) is 1. The van der Waals surface area contributed by atoms with Crippen LogP contribution < -0.4 is 19.5 Å². The third-order valence-electron chi connectivity index (χ3n) is 4.90. The van der Waals surface area contributed by atoms with Crippen LogP contribution in [0.4, 0.5) is 5.69 Å². The SMILES string of the molecule is CC(C)Oc1ccccc1NC(=O)C1CC(=O)N(Cc2ccc3c(c2)OCO3)C1. The molecule has 7 nitrogen and oxygen atoms in total. The lowest BCUT2D eigenvalue weighted by Crippen LogP contribution is -2.28. The van der Waals surface area contributed by atoms with Crippen molar-refractivity contribution in [1.29, 1.82) is 0 Å². The van der Waals surface area contributed by atoms with Crippen molar-refractivity contribution in [2.24, 2.45) is 5.92 Å². The third-order valence-corrected chi connectivity index (χ3v) is 4.90. The Bertz CT molecular complexity index is 927. The van der Waals surface area contributed by atoms with E-state index in [1.165, 1.54) is 0 Å². The highest BCUT2D eigenvalue weighted by Crippen LogP contribution is 2.33. The summed E-state index contributed by atoms with van der Waals surface area (Å²) in [5.41, 5.74) is 1.56. The molecule has 0 bridgehead atoms. The van der Waals surface area contributed by atoms with Gasteiger partial charge in [0.25, 0.3) is 0 Å². The molecular formula is C22H24N2O5. The number of anilines is 1. The quantitative estimate of drug-likeness (QED) is 0.812. The van der Waals surface area contributed by atoms with Crippen LogP contribution in [0.3, 0.4) is 0 Å². The van der Waals surface area contributed by atoms with Gasteiger partial charge in [-0.15, -0.1) is 0 Å². The zero-order chi connectivity index (χ0) is 20.4. The lowest BCUT2D eigenvalue weighted by molar-refractivity contribution is -0.128. The van der Waals surface area contributed by atoms with E-state index in [0.29, 0.717) is 36.0 Å². The molecule has 152 valence electrons. The zero-order valence-electron chi connectivity index (χ0n) is 16.5. The minimum absolute atomic E-state index is 0.00157. The number of nitrogens with one attached hydrogen (secondary N) is 1. The van der Waals surface area contributed by atoms with Gasteiger partial charge < -0.3 is 24.4 Å². The number of para-hydroxylation sites is 2. The van der Waals surface area contributed by atoms with Crippen LogP contribution in [0.5, 0.6) is 17.2 Å². The standard InChI is InChI=1S/C22H24N2O5/c1-14(2)29-18-6-4-3-5-17(18)23-22(26)16-10-21(25)24(12-16)11-15-7-8-19-20(9-15)28-13-27-19/h3-9,14,16H,10-13H2,1-2H3,(H,23,26). The van der Waals surface area contributed by atoms with Crippen molar-refractivity contribution in [2.45, 2.75) is 32.9 Å². The Morgan fingerprint density at radius 3 is 2.83 bits per heavy atom. The van der Waals surface area contributed by atoms with E-state index in [0.717, 1.165) is 5.56 Å². The molecule has 0 radical (unpaired) electrons. The Morgan fingerprint density at radius 1 is 1.21 bits per heavy atom. The summed E-state index contributed by atoms with van der Waals surface area (Å²) in [7, 11) is 0.